The van der Waals surface area contributed by atoms with Crippen LogP contribution in [0.15, 0.2) is 18.2 Å². The number of benzene rings is 1. The topological polar surface area (TPSA) is 43.7 Å². The number of hydrogen-bond acceptors (Lipinski definition) is 3. The van der Waals surface area contributed by atoms with E-state index in [1.807, 2.05) is 0 Å². The van der Waals surface area contributed by atoms with Crippen molar-refractivity contribution < 1.29 is 14.4 Å². The van der Waals surface area contributed by atoms with Gasteiger partial charge < -0.3 is 10.0 Å². The average molecular weight is 281 g/mol. The molecule has 0 amide bonds. The molecule has 0 radical (unpaired) electrons. The Hall–Kier alpha value is -0.905. The molecule has 0 bridgehead atoms. The van der Waals surface area contributed by atoms with Crippen LogP contribution in [0.25, 0.3) is 0 Å². The summed E-state index contributed by atoms with van der Waals surface area (Å²) < 4.78 is 13.2. The van der Waals surface area contributed by atoms with Crippen molar-refractivity contribution in [1.29, 1.82) is 0 Å². The molecule has 1 aromatic carbocycles. The summed E-state index contributed by atoms with van der Waals surface area (Å²) in [7, 11) is -1.63. The van der Waals surface area contributed by atoms with Crippen LogP contribution < -0.4 is 5.46 Å². The molecule has 0 aromatic heterocycles. The van der Waals surface area contributed by atoms with Gasteiger partial charge in [0.25, 0.3) is 0 Å². The predicted molar refractivity (Wildman–Crippen MR) is 81.3 cm³/mol. The maximum atomic E-state index is 13.2. The maximum Gasteiger partial charge on any atom is 0.488 e. The van der Waals surface area contributed by atoms with E-state index in [1.165, 1.54) is 25.0 Å². The van der Waals surface area contributed by atoms with Crippen molar-refractivity contribution in [2.24, 2.45) is 0 Å². The minimum atomic E-state index is -1.63. The van der Waals surface area contributed by atoms with E-state index >= 15 is 0 Å². The van der Waals surface area contributed by atoms with E-state index in [0.29, 0.717) is 12.6 Å². The summed E-state index contributed by atoms with van der Waals surface area (Å²) >= 11 is 0. The van der Waals surface area contributed by atoms with Gasteiger partial charge >= 0.3 is 7.12 Å². The van der Waals surface area contributed by atoms with E-state index in [2.05, 4.69) is 25.7 Å². The highest BCUT2D eigenvalue weighted by atomic mass is 19.1. The maximum absolute atomic E-state index is 13.2. The third-order valence-electron chi connectivity index (χ3n) is 3.54. The Kier molecular flexibility index (Phi) is 7.20. The fourth-order valence-corrected chi connectivity index (χ4v) is 2.25. The van der Waals surface area contributed by atoms with E-state index < -0.39 is 12.9 Å². The van der Waals surface area contributed by atoms with Gasteiger partial charge in [0.15, 0.2) is 0 Å². The second-order valence-corrected chi connectivity index (χ2v) is 5.49. The molecule has 112 valence electrons. The highest BCUT2D eigenvalue weighted by molar-refractivity contribution is 6.59. The van der Waals surface area contributed by atoms with E-state index in [9.17, 15) is 14.4 Å². The monoisotopic (exact) mass is 281 g/mol. The summed E-state index contributed by atoms with van der Waals surface area (Å²) in [4.78, 5) is 2.27. The number of unbranched alkanes of at least 4 members (excludes halogenated alkanes) is 2. The van der Waals surface area contributed by atoms with Gasteiger partial charge in [-0.25, -0.2) is 4.39 Å². The number of nitrogens with zero attached hydrogens (tertiary/aromatic N) is 1. The molecule has 0 fully saturated rings. The van der Waals surface area contributed by atoms with E-state index in [1.54, 1.807) is 6.07 Å². The Morgan fingerprint density at radius 1 is 1.25 bits per heavy atom. The van der Waals surface area contributed by atoms with Crippen molar-refractivity contribution in [3.63, 3.8) is 0 Å². The van der Waals surface area contributed by atoms with Gasteiger partial charge in [-0.3, -0.25) is 4.90 Å². The zero-order valence-electron chi connectivity index (χ0n) is 12.6. The average Bonchev–Trinajstić information content (AvgIpc) is 2.39. The van der Waals surface area contributed by atoms with Gasteiger partial charge in [-0.05, 0) is 50.0 Å². The molecule has 2 N–H and O–H groups in total. The first-order valence-corrected chi connectivity index (χ1v) is 7.34. The molecule has 3 nitrogen and oxygen atoms in total. The van der Waals surface area contributed by atoms with E-state index in [0.717, 1.165) is 18.5 Å². The van der Waals surface area contributed by atoms with Crippen LogP contribution in [-0.4, -0.2) is 34.7 Å². The van der Waals surface area contributed by atoms with Crippen LogP contribution in [0.4, 0.5) is 4.39 Å². The lowest BCUT2D eigenvalue weighted by Crippen LogP contribution is -2.38. The van der Waals surface area contributed by atoms with Crippen molar-refractivity contribution in [3.8, 4) is 0 Å². The van der Waals surface area contributed by atoms with E-state index in [-0.39, 0.29) is 5.46 Å². The highest BCUT2D eigenvalue weighted by Gasteiger charge is 2.19. The SMILES string of the molecule is CCCCCN(Cc1ccc(F)cc1B(O)O)C(C)C. The molecule has 20 heavy (non-hydrogen) atoms. The first kappa shape index (κ1) is 17.1. The van der Waals surface area contributed by atoms with Crippen LogP contribution in [0, 0.1) is 5.82 Å². The molecule has 1 aromatic rings. The standard InChI is InChI=1S/C15H25BFNO2/c1-4-5-6-9-18(12(2)3)11-13-7-8-14(17)10-15(13)16(19)20/h7-8,10,12,19-20H,4-6,9,11H2,1-3H3. The fourth-order valence-electron chi connectivity index (χ4n) is 2.25. The van der Waals surface area contributed by atoms with Gasteiger partial charge in [0.2, 0.25) is 0 Å². The fraction of sp³-hybridized carbons (Fsp3) is 0.600. The van der Waals surface area contributed by atoms with Gasteiger partial charge in [0.05, 0.1) is 0 Å². The molecule has 0 spiro atoms. The Balaban J connectivity index is 2.82. The lowest BCUT2D eigenvalue weighted by molar-refractivity contribution is 0.208. The van der Waals surface area contributed by atoms with Crippen LogP contribution in [-0.2, 0) is 6.54 Å². The van der Waals surface area contributed by atoms with Crippen LogP contribution in [0.2, 0.25) is 0 Å². The summed E-state index contributed by atoms with van der Waals surface area (Å²) in [6.07, 6.45) is 3.47. The van der Waals surface area contributed by atoms with Gasteiger partial charge in [0.1, 0.15) is 5.82 Å². The molecular weight excluding hydrogens is 256 g/mol. The smallest absolute Gasteiger partial charge is 0.423 e. The summed E-state index contributed by atoms with van der Waals surface area (Å²) in [5, 5.41) is 18.7. The van der Waals surface area contributed by atoms with Crippen molar-refractivity contribution >= 4 is 12.6 Å². The summed E-state index contributed by atoms with van der Waals surface area (Å²) in [6, 6.07) is 4.57. The Bertz CT molecular complexity index is 413. The lowest BCUT2D eigenvalue weighted by Gasteiger charge is -2.27. The van der Waals surface area contributed by atoms with Crippen molar-refractivity contribution in [1.82, 2.24) is 4.90 Å². The predicted octanol–water partition coefficient (Wildman–Crippen LogP) is 1.91. The van der Waals surface area contributed by atoms with Gasteiger partial charge in [-0.2, -0.15) is 0 Å². The van der Waals surface area contributed by atoms with Crippen LogP contribution in [0.1, 0.15) is 45.6 Å². The van der Waals surface area contributed by atoms with Crippen LogP contribution >= 0.6 is 0 Å². The Morgan fingerprint density at radius 3 is 2.50 bits per heavy atom. The zero-order valence-corrected chi connectivity index (χ0v) is 12.6. The molecule has 0 unspecified atom stereocenters. The number of hydrogen-bond donors (Lipinski definition) is 2. The quantitative estimate of drug-likeness (QED) is 0.565. The first-order valence-electron chi connectivity index (χ1n) is 7.34. The number of halogens is 1. The Labute approximate surface area is 121 Å². The zero-order chi connectivity index (χ0) is 15.1. The summed E-state index contributed by atoms with van der Waals surface area (Å²) in [6.45, 7) is 7.97. The second kappa shape index (κ2) is 8.40. The normalized spacial score (nSPS) is 11.4. The third kappa shape index (κ3) is 5.23. The van der Waals surface area contributed by atoms with Gasteiger partial charge in [-0.15, -0.1) is 0 Å². The molecule has 0 heterocycles. The molecule has 5 heteroatoms. The van der Waals surface area contributed by atoms with Gasteiger partial charge in [-0.1, -0.05) is 25.8 Å². The minimum Gasteiger partial charge on any atom is -0.423 e. The van der Waals surface area contributed by atoms with Crippen molar-refractivity contribution in [3.05, 3.63) is 29.6 Å². The van der Waals surface area contributed by atoms with E-state index in [4.69, 9.17) is 0 Å². The second-order valence-electron chi connectivity index (χ2n) is 5.49. The van der Waals surface area contributed by atoms with Crippen molar-refractivity contribution in [2.75, 3.05) is 6.54 Å². The molecule has 0 aliphatic carbocycles. The third-order valence-corrected chi connectivity index (χ3v) is 3.54. The van der Waals surface area contributed by atoms with Crippen LogP contribution in [0.3, 0.4) is 0 Å². The molecule has 0 atom stereocenters. The van der Waals surface area contributed by atoms with Gasteiger partial charge in [0, 0.05) is 12.6 Å². The largest absolute Gasteiger partial charge is 0.488 e. The Morgan fingerprint density at radius 2 is 1.95 bits per heavy atom. The molecule has 0 aliphatic rings. The highest BCUT2D eigenvalue weighted by Crippen LogP contribution is 2.10. The lowest BCUT2D eigenvalue weighted by atomic mass is 9.76. The molecule has 0 aliphatic heterocycles. The molecule has 0 saturated carbocycles. The summed E-state index contributed by atoms with van der Waals surface area (Å²) in [5.74, 6) is -0.445. The first-order chi connectivity index (χ1) is 9.45. The number of rotatable bonds is 8. The molecular formula is C15H25BFNO2. The van der Waals surface area contributed by atoms with Crippen molar-refractivity contribution in [2.45, 2.75) is 52.6 Å². The van der Waals surface area contributed by atoms with Crippen LogP contribution in [0.5, 0.6) is 0 Å². The summed E-state index contributed by atoms with van der Waals surface area (Å²) in [5.41, 5.74) is 1.03. The molecule has 0 saturated heterocycles. The molecule has 1 rings (SSSR count). The minimum absolute atomic E-state index is 0.256.